The number of allylic oxidation sites excluding steroid dienone is 1. The van der Waals surface area contributed by atoms with E-state index in [1.54, 1.807) is 31.2 Å². The van der Waals surface area contributed by atoms with Crippen LogP contribution in [0.25, 0.3) is 6.08 Å². The molecule has 0 amide bonds. The van der Waals surface area contributed by atoms with Crippen molar-refractivity contribution in [2.24, 2.45) is 0 Å². The fraction of sp³-hybridized carbons (Fsp3) is 0.176. The van der Waals surface area contributed by atoms with Crippen LogP contribution < -0.4 is 9.47 Å². The number of thiophene rings is 1. The van der Waals surface area contributed by atoms with E-state index in [9.17, 15) is 9.59 Å². The Bertz CT molecular complexity index is 776. The predicted octanol–water partition coefficient (Wildman–Crippen LogP) is 3.30. The van der Waals surface area contributed by atoms with Gasteiger partial charge >= 0.3 is 5.97 Å². The van der Waals surface area contributed by atoms with Crippen molar-refractivity contribution < 1.29 is 23.8 Å². The van der Waals surface area contributed by atoms with Gasteiger partial charge in [0.1, 0.15) is 11.5 Å². The molecule has 0 N–H and O–H groups in total. The summed E-state index contributed by atoms with van der Waals surface area (Å²) in [5, 5.41) is 1.93. The van der Waals surface area contributed by atoms with Crippen molar-refractivity contribution in [2.75, 3.05) is 7.11 Å². The molecule has 5 nitrogen and oxygen atoms in total. The number of Topliss-reactive ketones (excluding diaryl/α,β-unsaturated/α-hetero) is 1. The first-order valence-electron chi connectivity index (χ1n) is 6.95. The summed E-state index contributed by atoms with van der Waals surface area (Å²) in [5.74, 6) is 0.501. The van der Waals surface area contributed by atoms with Gasteiger partial charge in [-0.3, -0.25) is 4.79 Å². The van der Waals surface area contributed by atoms with Crippen LogP contribution in [0.1, 0.15) is 22.2 Å². The van der Waals surface area contributed by atoms with Gasteiger partial charge in [0.15, 0.2) is 11.9 Å². The van der Waals surface area contributed by atoms with Gasteiger partial charge in [-0.1, -0.05) is 6.07 Å². The van der Waals surface area contributed by atoms with E-state index in [1.165, 1.54) is 18.4 Å². The maximum Gasteiger partial charge on any atom is 0.346 e. The predicted molar refractivity (Wildman–Crippen MR) is 85.8 cm³/mol. The minimum atomic E-state index is -0.740. The average molecular weight is 330 g/mol. The van der Waals surface area contributed by atoms with E-state index in [-0.39, 0.29) is 11.5 Å². The maximum absolute atomic E-state index is 12.3. The van der Waals surface area contributed by atoms with Crippen LogP contribution in [0.4, 0.5) is 0 Å². The molecule has 1 aromatic carbocycles. The Morgan fingerprint density at radius 2 is 2.17 bits per heavy atom. The van der Waals surface area contributed by atoms with Crippen molar-refractivity contribution in [3.63, 3.8) is 0 Å². The first kappa shape index (κ1) is 15.3. The van der Waals surface area contributed by atoms with E-state index in [0.29, 0.717) is 17.1 Å². The minimum Gasteiger partial charge on any atom is -0.479 e. The molecule has 118 valence electrons. The van der Waals surface area contributed by atoms with Crippen LogP contribution in [0.15, 0.2) is 41.5 Å². The molecule has 3 rings (SSSR count). The Kier molecular flexibility index (Phi) is 4.16. The summed E-state index contributed by atoms with van der Waals surface area (Å²) in [6.07, 6.45) is 0.973. The monoisotopic (exact) mass is 330 g/mol. The largest absolute Gasteiger partial charge is 0.479 e. The fourth-order valence-corrected chi connectivity index (χ4v) is 2.81. The summed E-state index contributed by atoms with van der Waals surface area (Å²) >= 11 is 1.52. The lowest BCUT2D eigenvalue weighted by atomic mass is 10.1. The molecular weight excluding hydrogens is 316 g/mol. The zero-order valence-electron chi connectivity index (χ0n) is 12.6. The molecule has 0 aliphatic carbocycles. The second kappa shape index (κ2) is 6.26. The second-order valence-corrected chi connectivity index (χ2v) is 5.88. The van der Waals surface area contributed by atoms with Crippen LogP contribution in [-0.2, 0) is 9.53 Å². The number of carbonyl (C=O) groups excluding carboxylic acids is 2. The van der Waals surface area contributed by atoms with Gasteiger partial charge in [0, 0.05) is 17.0 Å². The molecule has 23 heavy (non-hydrogen) atoms. The normalized spacial score (nSPS) is 15.9. The van der Waals surface area contributed by atoms with E-state index in [1.807, 2.05) is 17.5 Å². The molecule has 1 atom stereocenters. The Morgan fingerprint density at radius 3 is 2.87 bits per heavy atom. The first-order chi connectivity index (χ1) is 11.1. The van der Waals surface area contributed by atoms with Crippen LogP contribution >= 0.6 is 11.3 Å². The number of ketones is 1. The number of benzene rings is 1. The van der Waals surface area contributed by atoms with Crippen LogP contribution in [0.5, 0.6) is 11.5 Å². The summed E-state index contributed by atoms with van der Waals surface area (Å²) in [6.45, 7) is 1.59. The third-order valence-corrected chi connectivity index (χ3v) is 4.12. The summed E-state index contributed by atoms with van der Waals surface area (Å²) in [5.41, 5.74) is 0.478. The number of methoxy groups -OCH3 is 1. The Labute approximate surface area is 137 Å². The molecule has 0 unspecified atom stereocenters. The number of ether oxygens (including phenoxy) is 3. The van der Waals surface area contributed by atoms with Crippen LogP contribution in [0.2, 0.25) is 0 Å². The molecule has 2 heterocycles. The number of hydrogen-bond acceptors (Lipinski definition) is 6. The number of carbonyl (C=O) groups is 2. The van der Waals surface area contributed by atoms with Gasteiger partial charge in [-0.15, -0.1) is 11.3 Å². The summed E-state index contributed by atoms with van der Waals surface area (Å²) in [7, 11) is 1.30. The molecular formula is C17H14O5S. The summed E-state index contributed by atoms with van der Waals surface area (Å²) in [4.78, 5) is 24.6. The van der Waals surface area contributed by atoms with Gasteiger partial charge < -0.3 is 14.2 Å². The van der Waals surface area contributed by atoms with E-state index >= 15 is 0 Å². The van der Waals surface area contributed by atoms with Gasteiger partial charge in [-0.2, -0.15) is 0 Å². The highest BCUT2D eigenvalue weighted by molar-refractivity contribution is 7.10. The molecule has 0 saturated carbocycles. The van der Waals surface area contributed by atoms with Crippen molar-refractivity contribution in [1.82, 2.24) is 0 Å². The quantitative estimate of drug-likeness (QED) is 0.636. The van der Waals surface area contributed by atoms with E-state index in [4.69, 9.17) is 9.47 Å². The highest BCUT2D eigenvalue weighted by Gasteiger charge is 2.28. The molecule has 1 aliphatic rings. The van der Waals surface area contributed by atoms with Crippen molar-refractivity contribution in [3.8, 4) is 11.5 Å². The molecule has 0 fully saturated rings. The molecule has 2 aromatic rings. The topological polar surface area (TPSA) is 61.8 Å². The lowest BCUT2D eigenvalue weighted by Gasteiger charge is -2.12. The molecule has 0 radical (unpaired) electrons. The lowest BCUT2D eigenvalue weighted by molar-refractivity contribution is -0.147. The van der Waals surface area contributed by atoms with Crippen molar-refractivity contribution in [1.29, 1.82) is 0 Å². The summed E-state index contributed by atoms with van der Waals surface area (Å²) in [6, 6.07) is 8.68. The van der Waals surface area contributed by atoms with Gasteiger partial charge in [0.2, 0.25) is 5.78 Å². The molecule has 0 saturated heterocycles. The number of fused-ring (bicyclic) bond motifs is 1. The maximum atomic E-state index is 12.3. The fourth-order valence-electron chi connectivity index (χ4n) is 2.16. The Morgan fingerprint density at radius 1 is 1.35 bits per heavy atom. The lowest BCUT2D eigenvalue weighted by Crippen LogP contribution is -2.24. The van der Waals surface area contributed by atoms with E-state index in [2.05, 4.69) is 4.74 Å². The zero-order chi connectivity index (χ0) is 16.4. The van der Waals surface area contributed by atoms with E-state index in [0.717, 1.165) is 4.88 Å². The number of esters is 1. The smallest absolute Gasteiger partial charge is 0.346 e. The highest BCUT2D eigenvalue weighted by atomic mass is 32.1. The van der Waals surface area contributed by atoms with Gasteiger partial charge in [-0.25, -0.2) is 4.79 Å². The second-order valence-electron chi connectivity index (χ2n) is 4.90. The molecule has 0 bridgehead atoms. The third-order valence-electron chi connectivity index (χ3n) is 3.30. The van der Waals surface area contributed by atoms with Crippen molar-refractivity contribution >= 4 is 29.2 Å². The van der Waals surface area contributed by atoms with Crippen LogP contribution in [-0.4, -0.2) is 25.0 Å². The standard InChI is InChI=1S/C17H14O5S/c1-10(17(19)20-2)21-11-5-6-13-14(8-11)22-15(16(13)18)9-12-4-3-7-23-12/h3-10H,1-2H3/t10-/m0/s1. The van der Waals surface area contributed by atoms with Gasteiger partial charge in [-0.05, 0) is 30.5 Å². The zero-order valence-corrected chi connectivity index (χ0v) is 13.4. The number of rotatable bonds is 4. The Hall–Kier alpha value is -2.60. The van der Waals surface area contributed by atoms with Gasteiger partial charge in [0.25, 0.3) is 0 Å². The Balaban J connectivity index is 1.81. The SMILES string of the molecule is COC(=O)[C@H](C)Oc1ccc2c(c1)OC(=Cc1cccs1)C2=O. The van der Waals surface area contributed by atoms with Gasteiger partial charge in [0.05, 0.1) is 12.7 Å². The summed E-state index contributed by atoms with van der Waals surface area (Å²) < 4.78 is 15.7. The van der Waals surface area contributed by atoms with Crippen molar-refractivity contribution in [3.05, 3.63) is 51.9 Å². The van der Waals surface area contributed by atoms with E-state index < -0.39 is 12.1 Å². The molecule has 1 aromatic heterocycles. The molecule has 6 heteroatoms. The molecule has 1 aliphatic heterocycles. The van der Waals surface area contributed by atoms with Crippen LogP contribution in [0, 0.1) is 0 Å². The minimum absolute atomic E-state index is 0.166. The highest BCUT2D eigenvalue weighted by Crippen LogP contribution is 2.35. The third kappa shape index (κ3) is 3.12. The van der Waals surface area contributed by atoms with Crippen molar-refractivity contribution in [2.45, 2.75) is 13.0 Å². The number of hydrogen-bond donors (Lipinski definition) is 0. The molecule has 0 spiro atoms. The van der Waals surface area contributed by atoms with Crippen LogP contribution in [0.3, 0.4) is 0 Å². The first-order valence-corrected chi connectivity index (χ1v) is 7.82. The average Bonchev–Trinajstić information content (AvgIpc) is 3.15.